The molecule has 0 amide bonds. The van der Waals surface area contributed by atoms with Crippen LogP contribution < -0.4 is 0 Å². The first-order valence-corrected chi connectivity index (χ1v) is 8.60. The van der Waals surface area contributed by atoms with Crippen molar-refractivity contribution in [2.75, 3.05) is 5.75 Å². The highest BCUT2D eigenvalue weighted by Crippen LogP contribution is 2.19. The van der Waals surface area contributed by atoms with Gasteiger partial charge >= 0.3 is 0 Å². The number of thioether (sulfide) groups is 1. The Labute approximate surface area is 139 Å². The van der Waals surface area contributed by atoms with E-state index in [-0.39, 0.29) is 5.78 Å². The number of hydrogen-bond donors (Lipinski definition) is 0. The summed E-state index contributed by atoms with van der Waals surface area (Å²) in [6, 6.07) is 21.7. The summed E-state index contributed by atoms with van der Waals surface area (Å²) in [4.78, 5) is 12.3. The number of Topliss-reactive ketones (excluding diaryl/α,β-unsaturated/α-hetero) is 1. The second-order valence-electron chi connectivity index (χ2n) is 5.10. The molecule has 22 heavy (non-hydrogen) atoms. The highest BCUT2D eigenvalue weighted by molar-refractivity contribution is 7.99. The van der Waals surface area contributed by atoms with Crippen LogP contribution in [-0.4, -0.2) is 11.5 Å². The molecule has 0 aromatic heterocycles. The fraction of sp³-hybridized carbons (Fsp3) is 0.105. The third-order valence-electron chi connectivity index (χ3n) is 3.49. The average molecular weight is 327 g/mol. The van der Waals surface area contributed by atoms with E-state index in [4.69, 9.17) is 11.6 Å². The van der Waals surface area contributed by atoms with Gasteiger partial charge in [0.25, 0.3) is 0 Å². The van der Waals surface area contributed by atoms with Gasteiger partial charge in [-0.15, -0.1) is 11.8 Å². The van der Waals surface area contributed by atoms with E-state index >= 15 is 0 Å². The zero-order valence-corrected chi connectivity index (χ0v) is 13.5. The van der Waals surface area contributed by atoms with Crippen LogP contribution in [0.4, 0.5) is 0 Å². The molecule has 1 nitrogen and oxygen atoms in total. The van der Waals surface area contributed by atoms with E-state index in [0.717, 1.165) is 27.1 Å². The standard InChI is InChI=1S/C19H15ClOS/c20-18-9-5-14(6-10-18)12-22-13-19(21)17-8-7-15-3-1-2-4-16(15)11-17/h1-11H,12-13H2. The number of fused-ring (bicyclic) bond motifs is 1. The minimum atomic E-state index is 0.171. The van der Waals surface area contributed by atoms with Gasteiger partial charge in [0, 0.05) is 16.3 Å². The normalized spacial score (nSPS) is 10.8. The third-order valence-corrected chi connectivity index (χ3v) is 4.74. The molecular weight excluding hydrogens is 312 g/mol. The second kappa shape index (κ2) is 6.99. The minimum Gasteiger partial charge on any atom is -0.293 e. The van der Waals surface area contributed by atoms with Crippen LogP contribution >= 0.6 is 23.4 Å². The van der Waals surface area contributed by atoms with Crippen molar-refractivity contribution in [2.45, 2.75) is 5.75 Å². The van der Waals surface area contributed by atoms with Crippen molar-refractivity contribution in [1.82, 2.24) is 0 Å². The third kappa shape index (κ3) is 3.70. The second-order valence-corrected chi connectivity index (χ2v) is 6.53. The van der Waals surface area contributed by atoms with Gasteiger partial charge in [-0.25, -0.2) is 0 Å². The predicted octanol–water partition coefficient (Wildman–Crippen LogP) is 5.61. The Morgan fingerprint density at radius 1 is 0.909 bits per heavy atom. The van der Waals surface area contributed by atoms with E-state index in [2.05, 4.69) is 6.07 Å². The Hall–Kier alpha value is -1.77. The van der Waals surface area contributed by atoms with Crippen molar-refractivity contribution in [3.05, 3.63) is 82.9 Å². The number of hydrogen-bond acceptors (Lipinski definition) is 2. The van der Waals surface area contributed by atoms with Crippen LogP contribution in [-0.2, 0) is 5.75 Å². The molecule has 0 aliphatic heterocycles. The molecule has 110 valence electrons. The highest BCUT2D eigenvalue weighted by Gasteiger charge is 2.07. The summed E-state index contributed by atoms with van der Waals surface area (Å²) in [6.07, 6.45) is 0. The maximum Gasteiger partial charge on any atom is 0.172 e. The summed E-state index contributed by atoms with van der Waals surface area (Å²) in [5.74, 6) is 1.47. The van der Waals surface area contributed by atoms with Gasteiger partial charge < -0.3 is 0 Å². The van der Waals surface area contributed by atoms with Crippen LogP contribution in [0, 0.1) is 0 Å². The summed E-state index contributed by atoms with van der Waals surface area (Å²) in [5.41, 5.74) is 1.96. The Balaban J connectivity index is 1.62. The van der Waals surface area contributed by atoms with E-state index in [9.17, 15) is 4.79 Å². The van der Waals surface area contributed by atoms with Crippen molar-refractivity contribution in [3.8, 4) is 0 Å². The Kier molecular flexibility index (Phi) is 4.81. The van der Waals surface area contributed by atoms with Crippen molar-refractivity contribution in [2.24, 2.45) is 0 Å². The maximum absolute atomic E-state index is 12.3. The minimum absolute atomic E-state index is 0.171. The first-order valence-electron chi connectivity index (χ1n) is 7.06. The Morgan fingerprint density at radius 3 is 2.41 bits per heavy atom. The number of rotatable bonds is 5. The number of benzene rings is 3. The van der Waals surface area contributed by atoms with Gasteiger partial charge in [0.15, 0.2) is 5.78 Å². The van der Waals surface area contributed by atoms with Crippen LogP contribution in [0.3, 0.4) is 0 Å². The number of carbonyl (C=O) groups excluding carboxylic acids is 1. The van der Waals surface area contributed by atoms with Crippen LogP contribution in [0.25, 0.3) is 10.8 Å². The van der Waals surface area contributed by atoms with E-state index in [1.165, 1.54) is 5.56 Å². The van der Waals surface area contributed by atoms with Gasteiger partial charge in [0.05, 0.1) is 5.75 Å². The molecule has 0 bridgehead atoms. The summed E-state index contributed by atoms with van der Waals surface area (Å²) in [7, 11) is 0. The number of halogens is 1. The molecule has 0 spiro atoms. The molecule has 0 saturated carbocycles. The lowest BCUT2D eigenvalue weighted by atomic mass is 10.1. The zero-order valence-electron chi connectivity index (χ0n) is 12.0. The van der Waals surface area contributed by atoms with Gasteiger partial charge in [-0.3, -0.25) is 4.79 Å². The van der Waals surface area contributed by atoms with E-state index in [1.807, 2.05) is 60.7 Å². The first-order chi connectivity index (χ1) is 10.7. The fourth-order valence-corrected chi connectivity index (χ4v) is 3.30. The smallest absolute Gasteiger partial charge is 0.172 e. The van der Waals surface area contributed by atoms with Gasteiger partial charge in [0.1, 0.15) is 0 Å². The van der Waals surface area contributed by atoms with E-state index in [0.29, 0.717) is 5.75 Å². The topological polar surface area (TPSA) is 17.1 Å². The lowest BCUT2D eigenvalue weighted by Gasteiger charge is -2.04. The van der Waals surface area contributed by atoms with Crippen LogP contribution in [0.15, 0.2) is 66.7 Å². The molecule has 3 heteroatoms. The molecule has 0 saturated heterocycles. The molecule has 0 aliphatic rings. The van der Waals surface area contributed by atoms with E-state index < -0.39 is 0 Å². The summed E-state index contributed by atoms with van der Waals surface area (Å²) >= 11 is 7.49. The molecule has 3 aromatic rings. The number of ketones is 1. The zero-order chi connectivity index (χ0) is 15.4. The van der Waals surface area contributed by atoms with Crippen molar-refractivity contribution in [3.63, 3.8) is 0 Å². The highest BCUT2D eigenvalue weighted by atomic mass is 35.5. The number of carbonyl (C=O) groups is 1. The quantitative estimate of drug-likeness (QED) is 0.567. The van der Waals surface area contributed by atoms with Gasteiger partial charge in [-0.2, -0.15) is 0 Å². The molecule has 0 fully saturated rings. The first kappa shape index (κ1) is 15.1. The summed E-state index contributed by atoms with van der Waals surface area (Å²) in [5, 5.41) is 3.00. The Bertz CT molecular complexity index is 796. The van der Waals surface area contributed by atoms with Crippen molar-refractivity contribution < 1.29 is 4.79 Å². The average Bonchev–Trinajstić information content (AvgIpc) is 2.56. The van der Waals surface area contributed by atoms with Gasteiger partial charge in [0.2, 0.25) is 0 Å². The molecule has 0 atom stereocenters. The SMILES string of the molecule is O=C(CSCc1ccc(Cl)cc1)c1ccc2ccccc2c1. The van der Waals surface area contributed by atoms with Crippen LogP contribution in [0.5, 0.6) is 0 Å². The molecule has 3 rings (SSSR count). The summed E-state index contributed by atoms with van der Waals surface area (Å²) in [6.45, 7) is 0. The lowest BCUT2D eigenvalue weighted by molar-refractivity contribution is 0.102. The molecular formula is C19H15ClOS. The molecule has 0 N–H and O–H groups in total. The largest absolute Gasteiger partial charge is 0.293 e. The Morgan fingerprint density at radius 2 is 1.64 bits per heavy atom. The van der Waals surface area contributed by atoms with Crippen molar-refractivity contribution >= 4 is 39.9 Å². The lowest BCUT2D eigenvalue weighted by Crippen LogP contribution is -2.02. The molecule has 0 aliphatic carbocycles. The van der Waals surface area contributed by atoms with Gasteiger partial charge in [-0.1, -0.05) is 60.1 Å². The fourth-order valence-electron chi connectivity index (χ4n) is 2.29. The van der Waals surface area contributed by atoms with E-state index in [1.54, 1.807) is 11.8 Å². The van der Waals surface area contributed by atoms with Crippen LogP contribution in [0.2, 0.25) is 5.02 Å². The van der Waals surface area contributed by atoms with Crippen molar-refractivity contribution in [1.29, 1.82) is 0 Å². The summed E-state index contributed by atoms with van der Waals surface area (Å²) < 4.78 is 0. The van der Waals surface area contributed by atoms with Crippen LogP contribution in [0.1, 0.15) is 15.9 Å². The monoisotopic (exact) mass is 326 g/mol. The van der Waals surface area contributed by atoms with Gasteiger partial charge in [-0.05, 0) is 34.5 Å². The maximum atomic E-state index is 12.3. The molecule has 0 radical (unpaired) electrons. The molecule has 3 aromatic carbocycles. The predicted molar refractivity (Wildman–Crippen MR) is 95.9 cm³/mol. The molecule has 0 heterocycles. The molecule has 0 unspecified atom stereocenters.